The summed E-state index contributed by atoms with van der Waals surface area (Å²) in [5.74, 6) is 1.24. The Morgan fingerprint density at radius 1 is 1.36 bits per heavy atom. The predicted octanol–water partition coefficient (Wildman–Crippen LogP) is 1.67. The van der Waals surface area contributed by atoms with Gasteiger partial charge in [-0.25, -0.2) is 9.37 Å². The van der Waals surface area contributed by atoms with Crippen LogP contribution < -0.4 is 10.2 Å². The van der Waals surface area contributed by atoms with Crippen molar-refractivity contribution in [3.05, 3.63) is 24.0 Å². The number of aromatic nitrogens is 2. The monoisotopic (exact) mass is 302 g/mol. The Hall–Kier alpha value is -2.11. The molecule has 2 saturated heterocycles. The van der Waals surface area contributed by atoms with Crippen molar-refractivity contribution < 1.29 is 9.18 Å². The number of carbonyl (C=O) groups is 1. The van der Waals surface area contributed by atoms with Crippen molar-refractivity contribution in [3.8, 4) is 0 Å². The number of halogens is 1. The molecule has 0 bridgehead atoms. The minimum absolute atomic E-state index is 0.0408. The number of hydrogen-bond acceptors (Lipinski definition) is 3. The standard InChI is InChI=1S/C16H19FN4O/c1-20-14-8-11(17)2-3-13(14)19-16(20)21-7-5-10-4-6-18-15(22)12(10)9-21/h2-3,8,10,12H,4-7,9H2,1H3,(H,18,22)/t10-,12+/m0/s1. The molecule has 4 rings (SSSR count). The zero-order valence-electron chi connectivity index (χ0n) is 12.6. The molecule has 22 heavy (non-hydrogen) atoms. The molecular formula is C16H19FN4O. The minimum atomic E-state index is -0.257. The molecule has 5 nitrogen and oxygen atoms in total. The number of nitrogens with zero attached hydrogens (tertiary/aromatic N) is 3. The van der Waals surface area contributed by atoms with E-state index in [4.69, 9.17) is 0 Å². The van der Waals surface area contributed by atoms with E-state index in [9.17, 15) is 9.18 Å². The summed E-state index contributed by atoms with van der Waals surface area (Å²) in [4.78, 5) is 18.9. The van der Waals surface area contributed by atoms with Crippen molar-refractivity contribution in [2.24, 2.45) is 18.9 Å². The lowest BCUT2D eigenvalue weighted by molar-refractivity contribution is -0.129. The van der Waals surface area contributed by atoms with Gasteiger partial charge in [-0.1, -0.05) is 0 Å². The van der Waals surface area contributed by atoms with Gasteiger partial charge in [0.25, 0.3) is 0 Å². The number of nitrogens with one attached hydrogen (secondary N) is 1. The molecule has 0 spiro atoms. The molecule has 0 radical (unpaired) electrons. The third kappa shape index (κ3) is 2.05. The van der Waals surface area contributed by atoms with Crippen molar-refractivity contribution in [2.75, 3.05) is 24.5 Å². The molecule has 1 N–H and O–H groups in total. The van der Waals surface area contributed by atoms with Gasteiger partial charge in [0.1, 0.15) is 5.82 Å². The van der Waals surface area contributed by atoms with Gasteiger partial charge in [0.2, 0.25) is 11.9 Å². The van der Waals surface area contributed by atoms with Crippen molar-refractivity contribution >= 4 is 22.9 Å². The molecular weight excluding hydrogens is 283 g/mol. The first kappa shape index (κ1) is 13.5. The Morgan fingerprint density at radius 2 is 2.23 bits per heavy atom. The molecule has 1 aromatic heterocycles. The van der Waals surface area contributed by atoms with Crippen LogP contribution in [-0.4, -0.2) is 35.1 Å². The van der Waals surface area contributed by atoms with Gasteiger partial charge in [-0.3, -0.25) is 4.79 Å². The number of carbonyl (C=O) groups excluding carboxylic acids is 1. The van der Waals surface area contributed by atoms with Crippen molar-refractivity contribution in [2.45, 2.75) is 12.8 Å². The van der Waals surface area contributed by atoms with Crippen molar-refractivity contribution in [1.29, 1.82) is 0 Å². The fraction of sp³-hybridized carbons (Fsp3) is 0.500. The lowest BCUT2D eigenvalue weighted by Crippen LogP contribution is -2.52. The fourth-order valence-corrected chi connectivity index (χ4v) is 3.77. The molecule has 1 amide bonds. The summed E-state index contributed by atoms with van der Waals surface area (Å²) in [6, 6.07) is 4.64. The Morgan fingerprint density at radius 3 is 3.09 bits per heavy atom. The summed E-state index contributed by atoms with van der Waals surface area (Å²) in [6.07, 6.45) is 2.08. The van der Waals surface area contributed by atoms with Crippen molar-refractivity contribution in [1.82, 2.24) is 14.9 Å². The van der Waals surface area contributed by atoms with E-state index in [1.807, 2.05) is 11.6 Å². The number of amides is 1. The van der Waals surface area contributed by atoms with E-state index >= 15 is 0 Å². The Balaban J connectivity index is 1.67. The summed E-state index contributed by atoms with van der Waals surface area (Å²) in [5.41, 5.74) is 1.57. The Labute approximate surface area is 128 Å². The lowest BCUT2D eigenvalue weighted by Gasteiger charge is -2.40. The topological polar surface area (TPSA) is 50.2 Å². The maximum absolute atomic E-state index is 13.4. The molecule has 2 fully saturated rings. The highest BCUT2D eigenvalue weighted by atomic mass is 19.1. The largest absolute Gasteiger partial charge is 0.356 e. The SMILES string of the molecule is Cn1c(N2CC[C@@H]3CCNC(=O)[C@@H]3C2)nc2ccc(F)cc21. The average Bonchev–Trinajstić information content (AvgIpc) is 2.84. The first-order valence-electron chi connectivity index (χ1n) is 7.78. The molecule has 2 aliphatic rings. The number of anilines is 1. The highest BCUT2D eigenvalue weighted by Gasteiger charge is 2.37. The molecule has 0 saturated carbocycles. The number of piperidine rings is 2. The van der Waals surface area contributed by atoms with Gasteiger partial charge in [0.15, 0.2) is 0 Å². The van der Waals surface area contributed by atoms with E-state index in [-0.39, 0.29) is 17.6 Å². The van der Waals surface area contributed by atoms with Crippen molar-refractivity contribution in [3.63, 3.8) is 0 Å². The smallest absolute Gasteiger partial charge is 0.225 e. The fourth-order valence-electron chi connectivity index (χ4n) is 3.77. The Kier molecular flexibility index (Phi) is 3.06. The van der Waals surface area contributed by atoms with Gasteiger partial charge in [-0.2, -0.15) is 0 Å². The van der Waals surface area contributed by atoms with Crippen LogP contribution in [0.1, 0.15) is 12.8 Å². The lowest BCUT2D eigenvalue weighted by atomic mass is 9.80. The number of fused-ring (bicyclic) bond motifs is 2. The van der Waals surface area contributed by atoms with Crippen LogP contribution in [0.2, 0.25) is 0 Å². The van der Waals surface area contributed by atoms with Gasteiger partial charge in [-0.15, -0.1) is 0 Å². The second kappa shape index (κ2) is 4.97. The highest BCUT2D eigenvalue weighted by molar-refractivity contribution is 5.81. The molecule has 116 valence electrons. The zero-order valence-corrected chi connectivity index (χ0v) is 12.6. The molecule has 2 atom stereocenters. The number of hydrogen-bond donors (Lipinski definition) is 1. The molecule has 3 heterocycles. The number of aryl methyl sites for hydroxylation is 1. The summed E-state index contributed by atoms with van der Waals surface area (Å²) in [6.45, 7) is 2.38. The maximum atomic E-state index is 13.4. The predicted molar refractivity (Wildman–Crippen MR) is 82.1 cm³/mol. The summed E-state index contributed by atoms with van der Waals surface area (Å²) < 4.78 is 15.3. The van der Waals surface area contributed by atoms with Crippen LogP contribution in [0.25, 0.3) is 11.0 Å². The molecule has 2 aromatic rings. The highest BCUT2D eigenvalue weighted by Crippen LogP contribution is 2.32. The zero-order chi connectivity index (χ0) is 15.3. The molecule has 6 heteroatoms. The van der Waals surface area contributed by atoms with Crippen LogP contribution in [-0.2, 0) is 11.8 Å². The van der Waals surface area contributed by atoms with Crippen LogP contribution in [0.15, 0.2) is 18.2 Å². The normalized spacial score (nSPS) is 25.2. The third-order valence-electron chi connectivity index (χ3n) is 5.01. The van der Waals surface area contributed by atoms with E-state index in [1.54, 1.807) is 6.07 Å². The second-order valence-electron chi connectivity index (χ2n) is 6.28. The quantitative estimate of drug-likeness (QED) is 0.872. The van der Waals surface area contributed by atoms with E-state index < -0.39 is 0 Å². The van der Waals surface area contributed by atoms with Gasteiger partial charge in [-0.05, 0) is 37.0 Å². The van der Waals surface area contributed by atoms with E-state index in [0.29, 0.717) is 12.5 Å². The molecule has 0 aliphatic carbocycles. The first-order valence-corrected chi connectivity index (χ1v) is 7.78. The number of benzene rings is 1. The van der Waals surface area contributed by atoms with Gasteiger partial charge < -0.3 is 14.8 Å². The maximum Gasteiger partial charge on any atom is 0.225 e. The second-order valence-corrected chi connectivity index (χ2v) is 6.28. The van der Waals surface area contributed by atoms with Gasteiger partial charge in [0, 0.05) is 26.7 Å². The van der Waals surface area contributed by atoms with Crippen LogP contribution in [0, 0.1) is 17.7 Å². The summed E-state index contributed by atoms with van der Waals surface area (Å²) >= 11 is 0. The molecule has 1 aromatic carbocycles. The Bertz CT molecular complexity index is 741. The van der Waals surface area contributed by atoms with Crippen LogP contribution in [0.5, 0.6) is 0 Å². The third-order valence-corrected chi connectivity index (χ3v) is 5.01. The average molecular weight is 302 g/mol. The number of rotatable bonds is 1. The van der Waals surface area contributed by atoms with E-state index in [0.717, 1.165) is 42.9 Å². The van der Waals surface area contributed by atoms with Crippen LogP contribution in [0.4, 0.5) is 10.3 Å². The van der Waals surface area contributed by atoms with Crippen LogP contribution >= 0.6 is 0 Å². The molecule has 0 unspecified atom stereocenters. The van der Waals surface area contributed by atoms with Crippen LogP contribution in [0.3, 0.4) is 0 Å². The number of imidazole rings is 1. The summed E-state index contributed by atoms with van der Waals surface area (Å²) in [7, 11) is 1.90. The first-order chi connectivity index (χ1) is 10.6. The van der Waals surface area contributed by atoms with E-state index in [1.165, 1.54) is 12.1 Å². The van der Waals surface area contributed by atoms with Gasteiger partial charge >= 0.3 is 0 Å². The van der Waals surface area contributed by atoms with Gasteiger partial charge in [0.05, 0.1) is 17.0 Å². The molecule has 2 aliphatic heterocycles. The van der Waals surface area contributed by atoms with E-state index in [2.05, 4.69) is 15.2 Å². The minimum Gasteiger partial charge on any atom is -0.356 e. The summed E-state index contributed by atoms with van der Waals surface area (Å²) in [5, 5.41) is 2.96.